The molecule has 0 spiro atoms. The fraction of sp³-hybridized carbons (Fsp3) is 0.174. The maximum absolute atomic E-state index is 12.7. The lowest BCUT2D eigenvalue weighted by Crippen LogP contribution is -2.30. The SMILES string of the molecule is CC(C)NC(=O)c1cccc(S(=O)(=O)Nc2ccc(OCc3ccccc3)cc2)c1. The maximum Gasteiger partial charge on any atom is 0.261 e. The van der Waals surface area contributed by atoms with Gasteiger partial charge in [0, 0.05) is 17.3 Å². The first-order valence-corrected chi connectivity index (χ1v) is 11.0. The van der Waals surface area contributed by atoms with E-state index in [0.29, 0.717) is 18.0 Å². The lowest BCUT2D eigenvalue weighted by Gasteiger charge is -2.12. The van der Waals surface area contributed by atoms with Gasteiger partial charge in [0.05, 0.1) is 4.90 Å². The largest absolute Gasteiger partial charge is 0.489 e. The molecule has 0 aliphatic rings. The number of ether oxygens (including phenoxy) is 1. The van der Waals surface area contributed by atoms with E-state index in [0.717, 1.165) is 5.56 Å². The molecule has 0 aliphatic heterocycles. The van der Waals surface area contributed by atoms with Gasteiger partial charge in [-0.3, -0.25) is 9.52 Å². The molecular formula is C23H24N2O4S. The summed E-state index contributed by atoms with van der Waals surface area (Å²) in [6.07, 6.45) is 0. The Balaban J connectivity index is 1.67. The van der Waals surface area contributed by atoms with E-state index in [-0.39, 0.29) is 22.4 Å². The second-order valence-corrected chi connectivity index (χ2v) is 8.74. The van der Waals surface area contributed by atoms with Gasteiger partial charge in [0.15, 0.2) is 0 Å². The molecule has 0 bridgehead atoms. The minimum absolute atomic E-state index is 0.0170. The number of sulfonamides is 1. The van der Waals surface area contributed by atoms with E-state index in [2.05, 4.69) is 10.0 Å². The van der Waals surface area contributed by atoms with Gasteiger partial charge in [-0.1, -0.05) is 36.4 Å². The van der Waals surface area contributed by atoms with E-state index in [1.165, 1.54) is 12.1 Å². The van der Waals surface area contributed by atoms with Crippen molar-refractivity contribution in [1.82, 2.24) is 5.32 Å². The third-order valence-corrected chi connectivity index (χ3v) is 5.56. The predicted octanol–water partition coefficient (Wildman–Crippen LogP) is 4.20. The molecule has 2 N–H and O–H groups in total. The fourth-order valence-corrected chi connectivity index (χ4v) is 3.83. The van der Waals surface area contributed by atoms with E-state index in [1.54, 1.807) is 36.4 Å². The Bertz CT molecular complexity index is 1100. The normalized spacial score (nSPS) is 11.2. The number of hydrogen-bond donors (Lipinski definition) is 2. The van der Waals surface area contributed by atoms with Crippen LogP contribution < -0.4 is 14.8 Å². The molecule has 156 valence electrons. The van der Waals surface area contributed by atoms with Gasteiger partial charge >= 0.3 is 0 Å². The van der Waals surface area contributed by atoms with Crippen LogP contribution in [0.1, 0.15) is 29.8 Å². The van der Waals surface area contributed by atoms with E-state index < -0.39 is 10.0 Å². The Morgan fingerprint density at radius 1 is 0.933 bits per heavy atom. The van der Waals surface area contributed by atoms with Crippen molar-refractivity contribution < 1.29 is 17.9 Å². The van der Waals surface area contributed by atoms with Crippen LogP contribution in [0.15, 0.2) is 83.8 Å². The highest BCUT2D eigenvalue weighted by molar-refractivity contribution is 7.92. The average molecular weight is 425 g/mol. The van der Waals surface area contributed by atoms with Crippen molar-refractivity contribution in [2.75, 3.05) is 4.72 Å². The third kappa shape index (κ3) is 5.84. The number of carbonyl (C=O) groups is 1. The molecular weight excluding hydrogens is 400 g/mol. The van der Waals surface area contributed by atoms with Gasteiger partial charge in [-0.2, -0.15) is 0 Å². The van der Waals surface area contributed by atoms with Gasteiger partial charge in [-0.25, -0.2) is 8.42 Å². The fourth-order valence-electron chi connectivity index (χ4n) is 2.72. The van der Waals surface area contributed by atoms with Crippen LogP contribution in [0.4, 0.5) is 5.69 Å². The highest BCUT2D eigenvalue weighted by Crippen LogP contribution is 2.21. The number of nitrogens with one attached hydrogen (secondary N) is 2. The molecule has 0 unspecified atom stereocenters. The highest BCUT2D eigenvalue weighted by Gasteiger charge is 2.17. The number of hydrogen-bond acceptors (Lipinski definition) is 4. The second kappa shape index (κ2) is 9.45. The zero-order valence-corrected chi connectivity index (χ0v) is 17.6. The molecule has 7 heteroatoms. The zero-order valence-electron chi connectivity index (χ0n) is 16.8. The topological polar surface area (TPSA) is 84.5 Å². The first kappa shape index (κ1) is 21.4. The molecule has 0 atom stereocenters. The van der Waals surface area contributed by atoms with E-state index in [1.807, 2.05) is 44.2 Å². The van der Waals surface area contributed by atoms with E-state index in [9.17, 15) is 13.2 Å². The van der Waals surface area contributed by atoms with E-state index in [4.69, 9.17) is 4.74 Å². The van der Waals surface area contributed by atoms with Crippen molar-refractivity contribution in [2.24, 2.45) is 0 Å². The summed E-state index contributed by atoms with van der Waals surface area (Å²) in [7, 11) is -3.84. The smallest absolute Gasteiger partial charge is 0.261 e. The van der Waals surface area contributed by atoms with Gasteiger partial charge in [0.1, 0.15) is 12.4 Å². The van der Waals surface area contributed by atoms with Crippen LogP contribution in [-0.4, -0.2) is 20.4 Å². The van der Waals surface area contributed by atoms with Crippen LogP contribution in [0, 0.1) is 0 Å². The van der Waals surface area contributed by atoms with Gasteiger partial charge < -0.3 is 10.1 Å². The molecule has 0 saturated heterocycles. The Labute approximate surface area is 177 Å². The van der Waals surface area contributed by atoms with Gasteiger partial charge in [-0.15, -0.1) is 0 Å². The summed E-state index contributed by atoms with van der Waals surface area (Å²) in [5, 5.41) is 2.75. The number of benzene rings is 3. The van der Waals surface area contributed by atoms with Crippen molar-refractivity contribution in [3.63, 3.8) is 0 Å². The van der Waals surface area contributed by atoms with Gasteiger partial charge in [0.2, 0.25) is 0 Å². The summed E-state index contributed by atoms with van der Waals surface area (Å²) < 4.78 is 33.7. The zero-order chi connectivity index (χ0) is 21.6. The van der Waals surface area contributed by atoms with Crippen LogP contribution >= 0.6 is 0 Å². The quantitative estimate of drug-likeness (QED) is 0.567. The van der Waals surface area contributed by atoms with Gasteiger partial charge in [-0.05, 0) is 61.9 Å². The molecule has 3 aromatic carbocycles. The molecule has 0 heterocycles. The molecule has 0 aromatic heterocycles. The average Bonchev–Trinajstić information content (AvgIpc) is 2.73. The molecule has 0 saturated carbocycles. The molecule has 1 amide bonds. The summed E-state index contributed by atoms with van der Waals surface area (Å²) in [5.41, 5.74) is 1.74. The first-order chi connectivity index (χ1) is 14.3. The van der Waals surface area contributed by atoms with Crippen molar-refractivity contribution in [3.05, 3.63) is 90.0 Å². The predicted molar refractivity (Wildman–Crippen MR) is 117 cm³/mol. The summed E-state index contributed by atoms with van der Waals surface area (Å²) in [6, 6.07) is 22.3. The number of amides is 1. The summed E-state index contributed by atoms with van der Waals surface area (Å²) in [6.45, 7) is 4.11. The molecule has 0 radical (unpaired) electrons. The molecule has 6 nitrogen and oxygen atoms in total. The van der Waals surface area contributed by atoms with Crippen LogP contribution in [-0.2, 0) is 16.6 Å². The lowest BCUT2D eigenvalue weighted by atomic mass is 10.2. The summed E-state index contributed by atoms with van der Waals surface area (Å²) >= 11 is 0. The van der Waals surface area contributed by atoms with Crippen LogP contribution in [0.3, 0.4) is 0 Å². The Morgan fingerprint density at radius 3 is 2.30 bits per heavy atom. The monoisotopic (exact) mass is 424 g/mol. The van der Waals surface area contributed by atoms with Gasteiger partial charge in [0.25, 0.3) is 15.9 Å². The van der Waals surface area contributed by atoms with Crippen molar-refractivity contribution in [1.29, 1.82) is 0 Å². The standard InChI is InChI=1S/C23H24N2O4S/c1-17(2)24-23(26)19-9-6-10-22(15-19)30(27,28)25-20-11-13-21(14-12-20)29-16-18-7-4-3-5-8-18/h3-15,17,25H,16H2,1-2H3,(H,24,26). The van der Waals surface area contributed by atoms with Crippen molar-refractivity contribution in [3.8, 4) is 5.75 Å². The first-order valence-electron chi connectivity index (χ1n) is 9.54. The van der Waals surface area contributed by atoms with Crippen LogP contribution in [0.5, 0.6) is 5.75 Å². The van der Waals surface area contributed by atoms with E-state index >= 15 is 0 Å². The number of carbonyl (C=O) groups excluding carboxylic acids is 1. The van der Waals surface area contributed by atoms with Crippen LogP contribution in [0.2, 0.25) is 0 Å². The molecule has 3 aromatic rings. The van der Waals surface area contributed by atoms with Crippen molar-refractivity contribution in [2.45, 2.75) is 31.4 Å². The molecule has 30 heavy (non-hydrogen) atoms. The molecule has 0 aliphatic carbocycles. The Kier molecular flexibility index (Phi) is 6.74. The summed E-state index contributed by atoms with van der Waals surface area (Å²) in [5.74, 6) is 0.316. The summed E-state index contributed by atoms with van der Waals surface area (Å²) in [4.78, 5) is 12.2. The third-order valence-electron chi connectivity index (χ3n) is 4.18. The minimum atomic E-state index is -3.84. The Hall–Kier alpha value is -3.32. The van der Waals surface area contributed by atoms with Crippen molar-refractivity contribution >= 4 is 21.6 Å². The second-order valence-electron chi connectivity index (χ2n) is 7.06. The van der Waals surface area contributed by atoms with Crippen LogP contribution in [0.25, 0.3) is 0 Å². The highest BCUT2D eigenvalue weighted by atomic mass is 32.2. The number of anilines is 1. The number of rotatable bonds is 8. The molecule has 3 rings (SSSR count). The minimum Gasteiger partial charge on any atom is -0.489 e. The Morgan fingerprint density at radius 2 is 1.63 bits per heavy atom. The molecule has 0 fully saturated rings. The lowest BCUT2D eigenvalue weighted by molar-refractivity contribution is 0.0943. The maximum atomic E-state index is 12.7.